The lowest BCUT2D eigenvalue weighted by Crippen LogP contribution is -2.30. The van der Waals surface area contributed by atoms with E-state index in [0.717, 1.165) is 66.8 Å². The number of nitrogens with zero attached hydrogens (tertiary/aromatic N) is 5. The summed E-state index contributed by atoms with van der Waals surface area (Å²) in [6.45, 7) is 10.9. The van der Waals surface area contributed by atoms with Crippen molar-refractivity contribution in [3.05, 3.63) is 352 Å². The molecule has 129 heavy (non-hydrogen) atoms. The van der Waals surface area contributed by atoms with Crippen LogP contribution in [0.25, 0.3) is 177 Å². The molecule has 28 rings (SSSR count). The normalized spacial score (nSPS) is 16.2. The molecule has 4 saturated carbocycles. The first-order chi connectivity index (χ1) is 63.1. The van der Waals surface area contributed by atoms with E-state index in [2.05, 4.69) is 361 Å². The van der Waals surface area contributed by atoms with Gasteiger partial charge in [0, 0.05) is 124 Å². The molecule has 8 aliphatic carbocycles. The second-order valence-electron chi connectivity index (χ2n) is 38.9. The quantitative estimate of drug-likeness (QED) is 0.164. The SMILES string of the molecule is Cc1cc[n+](C)c(-c2c(C)ccc3c2oc2c4c(ccc23)C2(CCCC2)c2ccccc2-4)c1.Cc1ccc2c(oc3ccc4c(c32)-c2ccccc2C42CCCC2)c1-c1cccc[n+]1C.Cc1ccc2c(oc3ccc4c(c32)C2(CCCC2)c2ccccc2-4)c1-c1cccc[n+]1C.Cc1ccc2c(oc3nc4c(cc32)-c2ccccc2C42CCCC2)c1-c1cccc[n+]1C. The number of pyridine rings is 5. The third-order valence-corrected chi connectivity index (χ3v) is 32.1. The van der Waals surface area contributed by atoms with Crippen molar-refractivity contribution in [2.45, 2.75) is 159 Å². The molecule has 0 amide bonds. The third kappa shape index (κ3) is 11.2. The highest BCUT2D eigenvalue weighted by Gasteiger charge is 2.51. The zero-order chi connectivity index (χ0) is 86.7. The predicted molar refractivity (Wildman–Crippen MR) is 522 cm³/mol. The van der Waals surface area contributed by atoms with Gasteiger partial charge in [-0.1, -0.05) is 221 Å². The van der Waals surface area contributed by atoms with Crippen LogP contribution >= 0.6 is 0 Å². The number of hydrogen-bond donors (Lipinski definition) is 0. The number of aryl methyl sites for hydroxylation is 9. The van der Waals surface area contributed by atoms with Crippen molar-refractivity contribution in [3.63, 3.8) is 0 Å². The van der Waals surface area contributed by atoms with Gasteiger partial charge in [-0.2, -0.15) is 0 Å². The lowest BCUT2D eigenvalue weighted by atomic mass is 9.75. The Morgan fingerprint density at radius 2 is 0.628 bits per heavy atom. The second-order valence-corrected chi connectivity index (χ2v) is 38.9. The van der Waals surface area contributed by atoms with E-state index in [4.69, 9.17) is 22.7 Å². The smallest absolute Gasteiger partial charge is 0.227 e. The number of rotatable bonds is 4. The van der Waals surface area contributed by atoms with E-state index in [-0.39, 0.29) is 21.7 Å². The molecule has 630 valence electrons. The Morgan fingerprint density at radius 3 is 1.16 bits per heavy atom. The summed E-state index contributed by atoms with van der Waals surface area (Å²) in [5, 5.41) is 9.79. The maximum atomic E-state index is 6.90. The van der Waals surface area contributed by atoms with Gasteiger partial charge in [-0.25, -0.2) is 23.3 Å². The molecule has 9 heteroatoms. The third-order valence-electron chi connectivity index (χ3n) is 32.1. The van der Waals surface area contributed by atoms with Gasteiger partial charge in [-0.05, 0) is 223 Å². The van der Waals surface area contributed by atoms with Gasteiger partial charge in [0.2, 0.25) is 28.5 Å². The lowest BCUT2D eigenvalue weighted by molar-refractivity contribution is -0.660. The van der Waals surface area contributed by atoms with Crippen LogP contribution in [-0.2, 0) is 49.9 Å². The Labute approximate surface area is 752 Å². The molecule has 0 aliphatic heterocycles. The van der Waals surface area contributed by atoms with Crippen molar-refractivity contribution in [2.24, 2.45) is 28.2 Å². The molecule has 20 aromatic rings. The van der Waals surface area contributed by atoms with E-state index in [1.807, 2.05) is 0 Å². The maximum Gasteiger partial charge on any atom is 0.227 e. The minimum absolute atomic E-state index is 0.0592. The fraction of sp³-hybridized carbons (Fsp3) is 0.242. The largest absolute Gasteiger partial charge is 0.455 e. The number of hydrogen-bond acceptors (Lipinski definition) is 5. The summed E-state index contributed by atoms with van der Waals surface area (Å²) in [6, 6.07) is 93.8. The predicted octanol–water partition coefficient (Wildman–Crippen LogP) is 28.6. The summed E-state index contributed by atoms with van der Waals surface area (Å²) < 4.78 is 35.6. The van der Waals surface area contributed by atoms with Crippen LogP contribution in [-0.4, -0.2) is 4.98 Å². The molecule has 0 bridgehead atoms. The number of furan rings is 4. The Kier molecular flexibility index (Phi) is 17.6. The van der Waals surface area contributed by atoms with Crippen LogP contribution in [0.3, 0.4) is 0 Å². The van der Waals surface area contributed by atoms with Gasteiger partial charge in [-0.15, -0.1) is 0 Å². The number of aromatic nitrogens is 5. The van der Waals surface area contributed by atoms with Crippen molar-refractivity contribution in [1.82, 2.24) is 4.98 Å². The van der Waals surface area contributed by atoms with Crippen LogP contribution in [0.1, 0.15) is 175 Å². The van der Waals surface area contributed by atoms with Gasteiger partial charge in [0.1, 0.15) is 61.7 Å². The number of fused-ring (bicyclic) bond motifs is 35. The molecule has 9 aromatic heterocycles. The van der Waals surface area contributed by atoms with Crippen molar-refractivity contribution >= 4 is 87.9 Å². The van der Waals surface area contributed by atoms with E-state index in [1.54, 1.807) is 0 Å². The molecular weight excluding hydrogens is 1580 g/mol. The van der Waals surface area contributed by atoms with Crippen LogP contribution in [0, 0.1) is 34.6 Å². The zero-order valence-corrected chi connectivity index (χ0v) is 75.2. The molecule has 8 aliphatic rings. The Hall–Kier alpha value is -13.6. The highest BCUT2D eigenvalue weighted by Crippen LogP contribution is 2.64. The molecule has 0 unspecified atom stereocenters. The Morgan fingerprint density at radius 1 is 0.256 bits per heavy atom. The van der Waals surface area contributed by atoms with Crippen molar-refractivity contribution in [1.29, 1.82) is 0 Å². The summed E-state index contributed by atoms with van der Waals surface area (Å²) in [6.07, 6.45) is 28.6. The van der Waals surface area contributed by atoms with E-state index in [9.17, 15) is 0 Å². The first kappa shape index (κ1) is 77.7. The van der Waals surface area contributed by atoms with Gasteiger partial charge >= 0.3 is 0 Å². The average molecular weight is 1680 g/mol. The van der Waals surface area contributed by atoms with E-state index in [1.165, 1.54) is 286 Å². The minimum atomic E-state index is 0.0592. The Balaban J connectivity index is 0.0000000931. The van der Waals surface area contributed by atoms with E-state index in [0.29, 0.717) is 0 Å². The lowest BCUT2D eigenvalue weighted by Gasteiger charge is -2.27. The Bertz CT molecular complexity index is 8140. The van der Waals surface area contributed by atoms with E-state index < -0.39 is 0 Å². The van der Waals surface area contributed by atoms with Crippen molar-refractivity contribution in [3.8, 4) is 89.5 Å². The fourth-order valence-electron chi connectivity index (χ4n) is 26.2. The maximum absolute atomic E-state index is 6.90. The van der Waals surface area contributed by atoms with Gasteiger partial charge in [0.25, 0.3) is 0 Å². The second kappa shape index (κ2) is 29.2. The molecule has 0 radical (unpaired) electrons. The van der Waals surface area contributed by atoms with E-state index >= 15 is 0 Å². The zero-order valence-electron chi connectivity index (χ0n) is 75.2. The molecule has 0 saturated heterocycles. The molecule has 9 nitrogen and oxygen atoms in total. The molecular formula is C120H105N5O4+4. The van der Waals surface area contributed by atoms with Gasteiger partial charge < -0.3 is 17.7 Å². The monoisotopic (exact) mass is 1680 g/mol. The molecule has 9 heterocycles. The average Bonchev–Trinajstić information content (AvgIpc) is 1.55. The fourth-order valence-corrected chi connectivity index (χ4v) is 26.2. The van der Waals surface area contributed by atoms with Crippen molar-refractivity contribution < 1.29 is 35.9 Å². The standard InChI is InChI=1S/C31H28NO.2C30H26NO.C29H25N2O/c1-19-14-17-32(3)26(18-19)27-20(2)10-11-21-22-12-13-25-28(30(22)33-29(21)27)23-8-4-5-9-24(23)31(25)15-6-7-16-31;1-19-12-13-22-27-25(32-29(22)26(19)24-11-5-8-18-31(24)2)15-14-21-20-9-3-4-10-23(20)30(28(21)27)16-6-7-17-30;1-19-12-13-21-28-25(32-29(21)26(19)24-11-5-8-18-31(24)2)15-14-23-27(28)20-9-3-4-10-22(20)30(23)16-6-7-17-30;1-18-12-13-20-22-17-21-19-9-3-4-10-23(19)29(14-6-7-15-29)27(21)30-28(22)32-26(20)25(18)24-11-5-8-16-31(24)2/h4-5,8-14,17-18H,6-7,15-16H2,1-3H3;2*3-5,8-15,18H,6-7,16-17H2,1-2H3;3-5,8-13,16-17H,6-7,14-15H2,1-2H3/q4*+1. The van der Waals surface area contributed by atoms with Crippen LogP contribution in [0.15, 0.2) is 297 Å². The van der Waals surface area contributed by atoms with Crippen LogP contribution in [0.5, 0.6) is 0 Å². The van der Waals surface area contributed by atoms with Gasteiger partial charge in [0.15, 0.2) is 30.4 Å². The van der Waals surface area contributed by atoms with Gasteiger partial charge in [-0.3, -0.25) is 0 Å². The summed E-state index contributed by atoms with van der Waals surface area (Å²) in [7, 11) is 8.42. The highest BCUT2D eigenvalue weighted by molar-refractivity contribution is 6.19. The summed E-state index contributed by atoms with van der Waals surface area (Å²) in [5.74, 6) is 0. The van der Waals surface area contributed by atoms with Crippen LogP contribution < -0.4 is 18.3 Å². The molecule has 4 fully saturated rings. The van der Waals surface area contributed by atoms with Gasteiger partial charge in [0.05, 0.1) is 27.9 Å². The highest BCUT2D eigenvalue weighted by atomic mass is 16.3. The molecule has 4 spiro atoms. The molecule has 0 atom stereocenters. The number of benzene rings is 11. The first-order valence-corrected chi connectivity index (χ1v) is 47.2. The van der Waals surface area contributed by atoms with Crippen molar-refractivity contribution in [2.75, 3.05) is 0 Å². The topological polar surface area (TPSA) is 81.0 Å². The summed E-state index contributed by atoms with van der Waals surface area (Å²) in [4.78, 5) is 5.26. The minimum Gasteiger partial charge on any atom is -0.455 e. The first-order valence-electron chi connectivity index (χ1n) is 47.2. The molecule has 0 N–H and O–H groups in total. The summed E-state index contributed by atoms with van der Waals surface area (Å²) >= 11 is 0. The van der Waals surface area contributed by atoms with Crippen LogP contribution in [0.4, 0.5) is 0 Å². The summed E-state index contributed by atoms with van der Waals surface area (Å²) in [5.41, 5.74) is 46.7. The molecule has 11 aromatic carbocycles. The van der Waals surface area contributed by atoms with Crippen LogP contribution in [0.2, 0.25) is 0 Å².